The Hall–Kier alpha value is -3.22. The van der Waals surface area contributed by atoms with Crippen LogP contribution in [0.3, 0.4) is 0 Å². The summed E-state index contributed by atoms with van der Waals surface area (Å²) in [7, 11) is 0. The fraction of sp³-hybridized carbons (Fsp3) is 0.190. The van der Waals surface area contributed by atoms with Crippen LogP contribution in [0.25, 0.3) is 28.2 Å². The maximum absolute atomic E-state index is 13.0. The van der Waals surface area contributed by atoms with Crippen molar-refractivity contribution < 1.29 is 13.2 Å². The molecule has 0 aliphatic rings. The zero-order valence-corrected chi connectivity index (χ0v) is 15.3. The standard InChI is InChI=1S/C21H17F3N4/c1-13(2)14-4-3-5-15(10-14)17-6-7-19-26-27-20(28(19)12-17)16-8-9-25-18(11-16)21(22,23)24/h3-13H,1-2H3. The second-order valence-electron chi connectivity index (χ2n) is 6.88. The summed E-state index contributed by atoms with van der Waals surface area (Å²) in [5.41, 5.74) is 3.08. The van der Waals surface area contributed by atoms with Gasteiger partial charge in [-0.3, -0.25) is 9.38 Å². The number of alkyl halides is 3. The molecular weight excluding hydrogens is 365 g/mol. The molecule has 0 unspecified atom stereocenters. The van der Waals surface area contributed by atoms with Crippen LogP contribution >= 0.6 is 0 Å². The van der Waals surface area contributed by atoms with Gasteiger partial charge in [0.05, 0.1) is 0 Å². The van der Waals surface area contributed by atoms with Crippen LogP contribution in [-0.2, 0) is 6.18 Å². The average molecular weight is 382 g/mol. The van der Waals surface area contributed by atoms with E-state index in [1.165, 1.54) is 11.6 Å². The number of nitrogens with zero attached hydrogens (tertiary/aromatic N) is 4. The van der Waals surface area contributed by atoms with Gasteiger partial charge in [-0.1, -0.05) is 38.1 Å². The predicted octanol–water partition coefficient (Wildman–Crippen LogP) is 5.60. The van der Waals surface area contributed by atoms with Crippen LogP contribution in [0.15, 0.2) is 60.9 Å². The van der Waals surface area contributed by atoms with Crippen molar-refractivity contribution in [3.63, 3.8) is 0 Å². The molecule has 1 aromatic carbocycles. The van der Waals surface area contributed by atoms with E-state index in [1.54, 1.807) is 10.5 Å². The molecule has 4 rings (SSSR count). The van der Waals surface area contributed by atoms with E-state index >= 15 is 0 Å². The van der Waals surface area contributed by atoms with Crippen molar-refractivity contribution in [3.8, 4) is 22.5 Å². The summed E-state index contributed by atoms with van der Waals surface area (Å²) in [6.07, 6.45) is -1.54. The Kier molecular flexibility index (Phi) is 4.37. The van der Waals surface area contributed by atoms with Gasteiger partial charge in [0, 0.05) is 18.0 Å². The van der Waals surface area contributed by atoms with Crippen molar-refractivity contribution in [1.29, 1.82) is 0 Å². The molecular formula is C21H17F3N4. The molecule has 4 aromatic rings. The molecule has 0 radical (unpaired) electrons. The number of benzene rings is 1. The summed E-state index contributed by atoms with van der Waals surface area (Å²) in [4.78, 5) is 3.41. The summed E-state index contributed by atoms with van der Waals surface area (Å²) in [5, 5.41) is 8.17. The van der Waals surface area contributed by atoms with Crippen LogP contribution in [0.2, 0.25) is 0 Å². The molecule has 0 atom stereocenters. The molecule has 0 amide bonds. The number of hydrogen-bond donors (Lipinski definition) is 0. The van der Waals surface area contributed by atoms with Gasteiger partial charge in [0.1, 0.15) is 5.69 Å². The maximum atomic E-state index is 13.0. The van der Waals surface area contributed by atoms with Crippen molar-refractivity contribution in [1.82, 2.24) is 19.6 Å². The Morgan fingerprint density at radius 1 is 0.893 bits per heavy atom. The van der Waals surface area contributed by atoms with Gasteiger partial charge in [0.2, 0.25) is 0 Å². The molecule has 0 aliphatic carbocycles. The van der Waals surface area contributed by atoms with Crippen LogP contribution in [0.5, 0.6) is 0 Å². The highest BCUT2D eigenvalue weighted by atomic mass is 19.4. The highest BCUT2D eigenvalue weighted by molar-refractivity contribution is 5.68. The van der Waals surface area contributed by atoms with E-state index in [0.717, 1.165) is 23.4 Å². The van der Waals surface area contributed by atoms with Gasteiger partial charge in [0.15, 0.2) is 11.5 Å². The van der Waals surface area contributed by atoms with Crippen molar-refractivity contribution >= 4 is 5.65 Å². The smallest absolute Gasteiger partial charge is 0.282 e. The van der Waals surface area contributed by atoms with E-state index < -0.39 is 11.9 Å². The van der Waals surface area contributed by atoms with Gasteiger partial charge in [-0.2, -0.15) is 13.2 Å². The minimum atomic E-state index is -4.51. The lowest BCUT2D eigenvalue weighted by atomic mass is 9.98. The van der Waals surface area contributed by atoms with E-state index in [1.807, 2.05) is 24.4 Å². The maximum Gasteiger partial charge on any atom is 0.433 e. The minimum Gasteiger partial charge on any atom is -0.282 e. The first kappa shape index (κ1) is 18.2. The average Bonchev–Trinajstić information content (AvgIpc) is 3.10. The Bertz CT molecular complexity index is 1150. The molecule has 0 bridgehead atoms. The molecule has 0 fully saturated rings. The third kappa shape index (κ3) is 3.35. The van der Waals surface area contributed by atoms with Crippen molar-refractivity contribution in [2.24, 2.45) is 0 Å². The second-order valence-corrected chi connectivity index (χ2v) is 6.88. The van der Waals surface area contributed by atoms with Crippen LogP contribution in [-0.4, -0.2) is 19.6 Å². The molecule has 3 heterocycles. The number of pyridine rings is 2. The van der Waals surface area contributed by atoms with E-state index in [-0.39, 0.29) is 0 Å². The van der Waals surface area contributed by atoms with Gasteiger partial charge in [-0.05, 0) is 46.9 Å². The fourth-order valence-electron chi connectivity index (χ4n) is 3.06. The lowest BCUT2D eigenvalue weighted by Gasteiger charge is -2.10. The molecule has 0 N–H and O–H groups in total. The Balaban J connectivity index is 1.83. The van der Waals surface area contributed by atoms with Crippen molar-refractivity contribution in [2.75, 3.05) is 0 Å². The SMILES string of the molecule is CC(C)c1cccc(-c2ccc3nnc(-c4ccnc(C(F)(F)F)c4)n3c2)c1. The first-order chi connectivity index (χ1) is 13.3. The second kappa shape index (κ2) is 6.74. The molecule has 0 spiro atoms. The number of fused-ring (bicyclic) bond motifs is 1. The Labute approximate surface area is 159 Å². The van der Waals surface area contributed by atoms with E-state index in [4.69, 9.17) is 0 Å². The lowest BCUT2D eigenvalue weighted by molar-refractivity contribution is -0.141. The molecule has 28 heavy (non-hydrogen) atoms. The molecule has 4 nitrogen and oxygen atoms in total. The highest BCUT2D eigenvalue weighted by Gasteiger charge is 2.32. The molecule has 0 saturated carbocycles. The van der Waals surface area contributed by atoms with Crippen molar-refractivity contribution in [2.45, 2.75) is 25.9 Å². The predicted molar refractivity (Wildman–Crippen MR) is 101 cm³/mol. The van der Waals surface area contributed by atoms with Crippen LogP contribution in [0.1, 0.15) is 31.0 Å². The third-order valence-electron chi connectivity index (χ3n) is 4.60. The minimum absolute atomic E-state index is 0.308. The van der Waals surface area contributed by atoms with Crippen LogP contribution < -0.4 is 0 Å². The first-order valence-electron chi connectivity index (χ1n) is 8.81. The molecule has 0 aliphatic heterocycles. The van der Waals surface area contributed by atoms with Gasteiger partial charge in [-0.25, -0.2) is 0 Å². The largest absolute Gasteiger partial charge is 0.433 e. The molecule has 142 valence electrons. The molecule has 3 aromatic heterocycles. The third-order valence-corrected chi connectivity index (χ3v) is 4.60. The Morgan fingerprint density at radius 3 is 2.46 bits per heavy atom. The molecule has 7 heteroatoms. The highest BCUT2D eigenvalue weighted by Crippen LogP contribution is 2.31. The van der Waals surface area contributed by atoms with E-state index in [9.17, 15) is 13.2 Å². The normalized spacial score (nSPS) is 12.1. The quantitative estimate of drug-likeness (QED) is 0.463. The summed E-state index contributed by atoms with van der Waals surface area (Å²) in [5.74, 6) is 0.733. The number of aromatic nitrogens is 4. The summed E-state index contributed by atoms with van der Waals surface area (Å²) in [6.45, 7) is 4.25. The number of hydrogen-bond acceptors (Lipinski definition) is 3. The van der Waals surface area contributed by atoms with Crippen LogP contribution in [0.4, 0.5) is 13.2 Å². The number of halogens is 3. The summed E-state index contributed by atoms with van der Waals surface area (Å²) in [6, 6.07) is 14.4. The van der Waals surface area contributed by atoms with E-state index in [0.29, 0.717) is 23.0 Å². The van der Waals surface area contributed by atoms with Gasteiger partial charge < -0.3 is 0 Å². The summed E-state index contributed by atoms with van der Waals surface area (Å²) >= 11 is 0. The fourth-order valence-corrected chi connectivity index (χ4v) is 3.06. The lowest BCUT2D eigenvalue weighted by Crippen LogP contribution is -2.07. The monoisotopic (exact) mass is 382 g/mol. The van der Waals surface area contributed by atoms with Crippen molar-refractivity contribution in [3.05, 3.63) is 72.2 Å². The number of rotatable bonds is 3. The van der Waals surface area contributed by atoms with Crippen LogP contribution in [0, 0.1) is 0 Å². The van der Waals surface area contributed by atoms with Gasteiger partial charge >= 0.3 is 6.18 Å². The molecule has 0 saturated heterocycles. The zero-order valence-electron chi connectivity index (χ0n) is 15.3. The topological polar surface area (TPSA) is 43.1 Å². The van der Waals surface area contributed by atoms with Gasteiger partial charge in [-0.15, -0.1) is 10.2 Å². The summed E-state index contributed by atoms with van der Waals surface area (Å²) < 4.78 is 40.7. The first-order valence-corrected chi connectivity index (χ1v) is 8.81. The van der Waals surface area contributed by atoms with E-state index in [2.05, 4.69) is 41.2 Å². The van der Waals surface area contributed by atoms with Gasteiger partial charge in [0.25, 0.3) is 0 Å². The Morgan fingerprint density at radius 2 is 1.71 bits per heavy atom. The zero-order chi connectivity index (χ0) is 19.9.